The second-order valence-electron chi connectivity index (χ2n) is 5.28. The van der Waals surface area contributed by atoms with E-state index in [1.807, 2.05) is 18.2 Å². The average Bonchev–Trinajstić information content (AvgIpc) is 2.48. The topological polar surface area (TPSA) is 41.6 Å². The van der Waals surface area contributed by atoms with Crippen LogP contribution < -0.4 is 10.1 Å². The Hall–Kier alpha value is -2.54. The molecule has 24 heavy (non-hydrogen) atoms. The number of anilines is 1. The van der Waals surface area contributed by atoms with Crippen molar-refractivity contribution in [3.05, 3.63) is 60.2 Å². The number of hydrogen-bond donors (Lipinski definition) is 1. The number of likely N-dealkylation sites (N-methyl/N-ethyl adjacent to an activating group) is 1. The SMILES string of the molecule is CN(CC(=O)Nc1ccccc1)Cc1ccc(OC(F)(F)F)cc1. The highest BCUT2D eigenvalue weighted by atomic mass is 19.4. The van der Waals surface area contributed by atoms with E-state index in [-0.39, 0.29) is 18.2 Å². The van der Waals surface area contributed by atoms with Gasteiger partial charge in [0, 0.05) is 12.2 Å². The number of carbonyl (C=O) groups is 1. The van der Waals surface area contributed by atoms with Crippen molar-refractivity contribution in [2.45, 2.75) is 12.9 Å². The zero-order valence-electron chi connectivity index (χ0n) is 13.0. The van der Waals surface area contributed by atoms with Crippen LogP contribution in [0.4, 0.5) is 18.9 Å². The van der Waals surface area contributed by atoms with Gasteiger partial charge in [0.15, 0.2) is 0 Å². The molecule has 4 nitrogen and oxygen atoms in total. The summed E-state index contributed by atoms with van der Waals surface area (Å²) < 4.78 is 40.1. The van der Waals surface area contributed by atoms with Gasteiger partial charge in [-0.05, 0) is 36.9 Å². The molecule has 0 aliphatic rings. The first-order chi connectivity index (χ1) is 11.3. The maximum absolute atomic E-state index is 12.1. The van der Waals surface area contributed by atoms with Crippen LogP contribution >= 0.6 is 0 Å². The van der Waals surface area contributed by atoms with Gasteiger partial charge in [-0.25, -0.2) is 0 Å². The normalized spacial score (nSPS) is 11.4. The summed E-state index contributed by atoms with van der Waals surface area (Å²) in [6.07, 6.45) is -4.70. The summed E-state index contributed by atoms with van der Waals surface area (Å²) in [4.78, 5) is 13.7. The van der Waals surface area contributed by atoms with Crippen LogP contribution in [0.3, 0.4) is 0 Å². The fourth-order valence-electron chi connectivity index (χ4n) is 2.13. The van der Waals surface area contributed by atoms with Crippen molar-refractivity contribution >= 4 is 11.6 Å². The van der Waals surface area contributed by atoms with Gasteiger partial charge in [0.1, 0.15) is 5.75 Å². The van der Waals surface area contributed by atoms with Crippen molar-refractivity contribution < 1.29 is 22.7 Å². The number of ether oxygens (including phenoxy) is 1. The Labute approximate surface area is 137 Å². The van der Waals surface area contributed by atoms with E-state index in [9.17, 15) is 18.0 Å². The van der Waals surface area contributed by atoms with Crippen LogP contribution in [-0.4, -0.2) is 30.8 Å². The molecule has 2 aromatic carbocycles. The fourth-order valence-corrected chi connectivity index (χ4v) is 2.13. The summed E-state index contributed by atoms with van der Waals surface area (Å²) in [5, 5.41) is 2.77. The molecular weight excluding hydrogens is 321 g/mol. The van der Waals surface area contributed by atoms with Gasteiger partial charge in [-0.2, -0.15) is 0 Å². The van der Waals surface area contributed by atoms with Gasteiger partial charge < -0.3 is 10.1 Å². The summed E-state index contributed by atoms with van der Waals surface area (Å²) in [6, 6.07) is 14.6. The van der Waals surface area contributed by atoms with E-state index in [0.29, 0.717) is 12.2 Å². The first-order valence-corrected chi connectivity index (χ1v) is 7.20. The zero-order valence-corrected chi connectivity index (χ0v) is 13.0. The number of para-hydroxylation sites is 1. The number of hydrogen-bond acceptors (Lipinski definition) is 3. The Balaban J connectivity index is 1.83. The lowest BCUT2D eigenvalue weighted by Crippen LogP contribution is -2.29. The second-order valence-corrected chi connectivity index (χ2v) is 5.28. The Kier molecular flexibility index (Phi) is 5.81. The third-order valence-electron chi connectivity index (χ3n) is 3.08. The lowest BCUT2D eigenvalue weighted by atomic mass is 10.2. The van der Waals surface area contributed by atoms with Crippen LogP contribution in [0.15, 0.2) is 54.6 Å². The Morgan fingerprint density at radius 1 is 1.08 bits per heavy atom. The van der Waals surface area contributed by atoms with Gasteiger partial charge in [-0.15, -0.1) is 13.2 Å². The van der Waals surface area contributed by atoms with Crippen molar-refractivity contribution in [3.63, 3.8) is 0 Å². The van der Waals surface area contributed by atoms with E-state index in [4.69, 9.17) is 0 Å². The molecule has 0 fully saturated rings. The minimum Gasteiger partial charge on any atom is -0.406 e. The highest BCUT2D eigenvalue weighted by Gasteiger charge is 2.30. The molecule has 0 aliphatic carbocycles. The largest absolute Gasteiger partial charge is 0.573 e. The first-order valence-electron chi connectivity index (χ1n) is 7.20. The molecular formula is C17H17F3N2O2. The van der Waals surface area contributed by atoms with Crippen LogP contribution in [0.5, 0.6) is 5.75 Å². The predicted molar refractivity (Wildman–Crippen MR) is 84.5 cm³/mol. The Morgan fingerprint density at radius 3 is 2.29 bits per heavy atom. The number of alkyl halides is 3. The van der Waals surface area contributed by atoms with E-state index >= 15 is 0 Å². The summed E-state index contributed by atoms with van der Waals surface area (Å²) in [5.74, 6) is -0.434. The monoisotopic (exact) mass is 338 g/mol. The number of nitrogens with zero attached hydrogens (tertiary/aromatic N) is 1. The molecule has 0 unspecified atom stereocenters. The van der Waals surface area contributed by atoms with E-state index in [1.54, 1.807) is 24.1 Å². The molecule has 2 rings (SSSR count). The third-order valence-corrected chi connectivity index (χ3v) is 3.08. The van der Waals surface area contributed by atoms with Crippen molar-refractivity contribution in [2.75, 3.05) is 18.9 Å². The molecule has 0 saturated carbocycles. The Bertz CT molecular complexity index is 658. The number of halogens is 3. The highest BCUT2D eigenvalue weighted by molar-refractivity contribution is 5.92. The van der Waals surface area contributed by atoms with Gasteiger partial charge >= 0.3 is 6.36 Å². The highest BCUT2D eigenvalue weighted by Crippen LogP contribution is 2.22. The van der Waals surface area contributed by atoms with Gasteiger partial charge in [0.2, 0.25) is 5.91 Å². The van der Waals surface area contributed by atoms with Gasteiger partial charge in [-0.3, -0.25) is 9.69 Å². The van der Waals surface area contributed by atoms with Gasteiger partial charge in [-0.1, -0.05) is 30.3 Å². The van der Waals surface area contributed by atoms with Crippen molar-refractivity contribution in [1.82, 2.24) is 4.90 Å². The number of carbonyl (C=O) groups excluding carboxylic acids is 1. The van der Waals surface area contributed by atoms with Crippen molar-refractivity contribution in [2.24, 2.45) is 0 Å². The van der Waals surface area contributed by atoms with Gasteiger partial charge in [0.05, 0.1) is 6.54 Å². The number of benzene rings is 2. The smallest absolute Gasteiger partial charge is 0.406 e. The maximum atomic E-state index is 12.1. The summed E-state index contributed by atoms with van der Waals surface area (Å²) in [5.41, 5.74) is 1.49. The lowest BCUT2D eigenvalue weighted by molar-refractivity contribution is -0.274. The van der Waals surface area contributed by atoms with Gasteiger partial charge in [0.25, 0.3) is 0 Å². The third kappa shape index (κ3) is 6.29. The molecule has 0 aromatic heterocycles. The summed E-state index contributed by atoms with van der Waals surface area (Å²) in [7, 11) is 1.75. The number of nitrogens with one attached hydrogen (secondary N) is 1. The van der Waals surface area contributed by atoms with E-state index in [0.717, 1.165) is 5.56 Å². The average molecular weight is 338 g/mol. The molecule has 0 spiro atoms. The summed E-state index contributed by atoms with van der Waals surface area (Å²) >= 11 is 0. The molecule has 0 saturated heterocycles. The number of rotatable bonds is 6. The molecule has 7 heteroatoms. The van der Waals surface area contributed by atoms with E-state index < -0.39 is 6.36 Å². The molecule has 0 aliphatic heterocycles. The van der Waals surface area contributed by atoms with E-state index in [1.165, 1.54) is 24.3 Å². The maximum Gasteiger partial charge on any atom is 0.573 e. The Morgan fingerprint density at radius 2 is 1.71 bits per heavy atom. The van der Waals surface area contributed by atoms with Crippen LogP contribution in [0.25, 0.3) is 0 Å². The van der Waals surface area contributed by atoms with E-state index in [2.05, 4.69) is 10.1 Å². The quantitative estimate of drug-likeness (QED) is 0.874. The van der Waals surface area contributed by atoms with Crippen molar-refractivity contribution in [1.29, 1.82) is 0 Å². The molecule has 0 atom stereocenters. The number of amides is 1. The van der Waals surface area contributed by atoms with Crippen molar-refractivity contribution in [3.8, 4) is 5.75 Å². The standard InChI is InChI=1S/C17H17F3N2O2/c1-22(12-16(23)21-14-5-3-2-4-6-14)11-13-7-9-15(10-8-13)24-17(18,19)20/h2-10H,11-12H2,1H3,(H,21,23). The minimum atomic E-state index is -4.70. The lowest BCUT2D eigenvalue weighted by Gasteiger charge is -2.17. The van der Waals surface area contributed by atoms with Crippen LogP contribution in [0.2, 0.25) is 0 Å². The molecule has 1 N–H and O–H groups in total. The molecule has 0 radical (unpaired) electrons. The molecule has 1 amide bonds. The second kappa shape index (κ2) is 7.83. The molecule has 128 valence electrons. The zero-order chi connectivity index (χ0) is 17.6. The minimum absolute atomic E-state index is 0.162. The summed E-state index contributed by atoms with van der Waals surface area (Å²) in [6.45, 7) is 0.588. The fraction of sp³-hybridized carbons (Fsp3) is 0.235. The molecule has 0 bridgehead atoms. The van der Waals surface area contributed by atoms with Crippen LogP contribution in [0, 0.1) is 0 Å². The van der Waals surface area contributed by atoms with Crippen LogP contribution in [0.1, 0.15) is 5.56 Å². The molecule has 2 aromatic rings. The van der Waals surface area contributed by atoms with Crippen LogP contribution in [-0.2, 0) is 11.3 Å². The predicted octanol–water partition coefficient (Wildman–Crippen LogP) is 3.66. The first kappa shape index (κ1) is 17.8. The molecule has 0 heterocycles.